The summed E-state index contributed by atoms with van der Waals surface area (Å²) in [5.41, 5.74) is 1.91. The molecule has 1 unspecified atom stereocenters. The van der Waals surface area contributed by atoms with Crippen molar-refractivity contribution in [1.29, 1.82) is 0 Å². The summed E-state index contributed by atoms with van der Waals surface area (Å²) in [7, 11) is 5.61. The fourth-order valence-corrected chi connectivity index (χ4v) is 2.84. The van der Waals surface area contributed by atoms with Gasteiger partial charge in [-0.2, -0.15) is 11.3 Å². The highest BCUT2D eigenvalue weighted by Crippen LogP contribution is 2.20. The van der Waals surface area contributed by atoms with E-state index in [1.807, 2.05) is 37.7 Å². The fraction of sp³-hybridized carbons (Fsp3) is 0.312. The third-order valence-electron chi connectivity index (χ3n) is 3.33. The van der Waals surface area contributed by atoms with E-state index in [-0.39, 0.29) is 12.1 Å². The molecular formula is C16H21N3O2S. The van der Waals surface area contributed by atoms with Crippen molar-refractivity contribution < 1.29 is 9.53 Å². The molecule has 0 aliphatic rings. The third-order valence-corrected chi connectivity index (χ3v) is 4.04. The number of nitrogens with zero attached hydrogens (tertiary/aromatic N) is 1. The number of anilines is 1. The predicted octanol–water partition coefficient (Wildman–Crippen LogP) is 3.18. The maximum atomic E-state index is 12.0. The molecule has 118 valence electrons. The Hall–Kier alpha value is -2.05. The molecule has 22 heavy (non-hydrogen) atoms. The van der Waals surface area contributed by atoms with E-state index in [9.17, 15) is 4.79 Å². The van der Waals surface area contributed by atoms with Gasteiger partial charge in [-0.05, 0) is 48.6 Å². The van der Waals surface area contributed by atoms with E-state index in [4.69, 9.17) is 4.74 Å². The van der Waals surface area contributed by atoms with Gasteiger partial charge >= 0.3 is 6.03 Å². The molecular weight excluding hydrogens is 298 g/mol. The lowest BCUT2D eigenvalue weighted by atomic mass is 10.1. The predicted molar refractivity (Wildman–Crippen MR) is 90.8 cm³/mol. The quantitative estimate of drug-likeness (QED) is 0.860. The monoisotopic (exact) mass is 319 g/mol. The number of carbonyl (C=O) groups is 1. The van der Waals surface area contributed by atoms with Crippen molar-refractivity contribution in [2.75, 3.05) is 33.1 Å². The van der Waals surface area contributed by atoms with Crippen LogP contribution in [0.4, 0.5) is 10.5 Å². The second-order valence-electron chi connectivity index (χ2n) is 5.10. The number of hydrogen-bond acceptors (Lipinski definition) is 4. The number of nitrogens with one attached hydrogen (secondary N) is 2. The maximum Gasteiger partial charge on any atom is 0.319 e. The number of ether oxygens (including phenoxy) is 1. The van der Waals surface area contributed by atoms with Crippen molar-refractivity contribution in [3.63, 3.8) is 0 Å². The minimum absolute atomic E-state index is 0.155. The van der Waals surface area contributed by atoms with Crippen LogP contribution in [0.15, 0.2) is 41.1 Å². The van der Waals surface area contributed by atoms with Gasteiger partial charge in [0.15, 0.2) is 0 Å². The maximum absolute atomic E-state index is 12.0. The summed E-state index contributed by atoms with van der Waals surface area (Å²) in [6, 6.07) is 9.28. The van der Waals surface area contributed by atoms with Gasteiger partial charge in [-0.3, -0.25) is 0 Å². The molecule has 0 spiro atoms. The molecule has 0 fully saturated rings. The topological polar surface area (TPSA) is 53.6 Å². The lowest BCUT2D eigenvalue weighted by Gasteiger charge is -2.24. The van der Waals surface area contributed by atoms with Gasteiger partial charge in [-0.15, -0.1) is 0 Å². The standard InChI is InChI=1S/C16H21N3O2S/c1-19(2)15(12-7-8-22-11-12)10-17-16(20)18-13-5-4-6-14(9-13)21-3/h4-9,11,15H,10H2,1-3H3,(H2,17,18,20). The van der Waals surface area contributed by atoms with Crippen LogP contribution in [0, 0.1) is 0 Å². The van der Waals surface area contributed by atoms with Crippen molar-refractivity contribution in [2.45, 2.75) is 6.04 Å². The molecule has 2 aromatic rings. The zero-order valence-corrected chi connectivity index (χ0v) is 13.8. The number of amides is 2. The van der Waals surface area contributed by atoms with E-state index in [1.165, 1.54) is 5.56 Å². The van der Waals surface area contributed by atoms with Gasteiger partial charge < -0.3 is 20.3 Å². The molecule has 6 heteroatoms. The molecule has 1 atom stereocenters. The first kappa shape index (κ1) is 16.3. The van der Waals surface area contributed by atoms with Gasteiger partial charge in [-0.1, -0.05) is 6.07 Å². The normalized spacial score (nSPS) is 12.0. The number of hydrogen-bond donors (Lipinski definition) is 2. The van der Waals surface area contributed by atoms with Crippen molar-refractivity contribution in [3.8, 4) is 5.75 Å². The van der Waals surface area contributed by atoms with Crippen LogP contribution in [0.25, 0.3) is 0 Å². The first-order valence-electron chi connectivity index (χ1n) is 6.97. The van der Waals surface area contributed by atoms with Crippen LogP contribution in [0.5, 0.6) is 5.75 Å². The lowest BCUT2D eigenvalue weighted by molar-refractivity contribution is 0.243. The van der Waals surface area contributed by atoms with Crippen LogP contribution in [-0.2, 0) is 0 Å². The zero-order valence-electron chi connectivity index (χ0n) is 13.0. The van der Waals surface area contributed by atoms with Crippen LogP contribution in [0.1, 0.15) is 11.6 Å². The highest BCUT2D eigenvalue weighted by atomic mass is 32.1. The summed E-state index contributed by atoms with van der Waals surface area (Å²) in [6.45, 7) is 0.541. The van der Waals surface area contributed by atoms with Crippen LogP contribution in [0.2, 0.25) is 0 Å². The highest BCUT2D eigenvalue weighted by Gasteiger charge is 2.15. The average molecular weight is 319 g/mol. The lowest BCUT2D eigenvalue weighted by Crippen LogP contribution is -2.36. The summed E-state index contributed by atoms with van der Waals surface area (Å²) >= 11 is 1.66. The molecule has 2 amide bonds. The first-order chi connectivity index (χ1) is 10.6. The third kappa shape index (κ3) is 4.47. The molecule has 2 N–H and O–H groups in total. The van der Waals surface area contributed by atoms with E-state index < -0.39 is 0 Å². The number of benzene rings is 1. The van der Waals surface area contributed by atoms with Crippen LogP contribution in [0.3, 0.4) is 0 Å². The second kappa shape index (κ2) is 7.82. The molecule has 1 aromatic heterocycles. The van der Waals surface area contributed by atoms with Crippen LogP contribution < -0.4 is 15.4 Å². The van der Waals surface area contributed by atoms with Crippen molar-refractivity contribution >= 4 is 23.1 Å². The number of carbonyl (C=O) groups excluding carboxylic acids is 1. The van der Waals surface area contributed by atoms with E-state index in [0.29, 0.717) is 18.0 Å². The summed E-state index contributed by atoms with van der Waals surface area (Å²) in [4.78, 5) is 14.1. The Bertz CT molecular complexity index is 599. The molecule has 0 bridgehead atoms. The Balaban J connectivity index is 1.91. The molecule has 1 heterocycles. The molecule has 0 aliphatic heterocycles. The smallest absolute Gasteiger partial charge is 0.319 e. The van der Waals surface area contributed by atoms with Crippen molar-refractivity contribution in [2.24, 2.45) is 0 Å². The van der Waals surface area contributed by atoms with E-state index >= 15 is 0 Å². The minimum Gasteiger partial charge on any atom is -0.497 e. The van der Waals surface area contributed by atoms with Crippen molar-refractivity contribution in [1.82, 2.24) is 10.2 Å². The molecule has 2 rings (SSSR count). The summed E-state index contributed by atoms with van der Waals surface area (Å²) < 4.78 is 5.14. The Kier molecular flexibility index (Phi) is 5.80. The minimum atomic E-state index is -0.227. The van der Waals surface area contributed by atoms with Gasteiger partial charge in [0.2, 0.25) is 0 Å². The number of urea groups is 1. The molecule has 5 nitrogen and oxygen atoms in total. The largest absolute Gasteiger partial charge is 0.497 e. The SMILES string of the molecule is COc1cccc(NC(=O)NCC(c2ccsc2)N(C)C)c1. The summed E-state index contributed by atoms with van der Waals surface area (Å²) in [5.74, 6) is 0.710. The van der Waals surface area contributed by atoms with Crippen molar-refractivity contribution in [3.05, 3.63) is 46.7 Å². The van der Waals surface area contributed by atoms with Gasteiger partial charge in [0.05, 0.1) is 13.2 Å². The Labute approximate surface area is 134 Å². The zero-order chi connectivity index (χ0) is 15.9. The molecule has 0 aliphatic carbocycles. The molecule has 1 aromatic carbocycles. The van der Waals surface area contributed by atoms with Gasteiger partial charge in [-0.25, -0.2) is 4.79 Å². The molecule has 0 saturated carbocycles. The Morgan fingerprint density at radius 1 is 1.36 bits per heavy atom. The Morgan fingerprint density at radius 2 is 2.18 bits per heavy atom. The highest BCUT2D eigenvalue weighted by molar-refractivity contribution is 7.07. The first-order valence-corrected chi connectivity index (χ1v) is 7.92. The average Bonchev–Trinajstić information content (AvgIpc) is 3.01. The number of thiophene rings is 1. The van der Waals surface area contributed by atoms with Gasteiger partial charge in [0, 0.05) is 18.3 Å². The van der Waals surface area contributed by atoms with Crippen LogP contribution >= 0.6 is 11.3 Å². The van der Waals surface area contributed by atoms with Crippen LogP contribution in [-0.4, -0.2) is 38.7 Å². The fourth-order valence-electron chi connectivity index (χ4n) is 2.13. The number of likely N-dealkylation sites (N-methyl/N-ethyl adjacent to an activating group) is 1. The van der Waals surface area contributed by atoms with Gasteiger partial charge in [0.1, 0.15) is 5.75 Å². The number of methoxy groups -OCH3 is 1. The summed E-state index contributed by atoms with van der Waals surface area (Å²) in [5, 5.41) is 9.87. The van der Waals surface area contributed by atoms with Gasteiger partial charge in [0.25, 0.3) is 0 Å². The molecule has 0 saturated heterocycles. The summed E-state index contributed by atoms with van der Waals surface area (Å²) in [6.07, 6.45) is 0. The van der Waals surface area contributed by atoms with E-state index in [0.717, 1.165) is 0 Å². The Morgan fingerprint density at radius 3 is 2.82 bits per heavy atom. The van der Waals surface area contributed by atoms with E-state index in [1.54, 1.807) is 24.5 Å². The number of rotatable bonds is 6. The van der Waals surface area contributed by atoms with E-state index in [2.05, 4.69) is 27.0 Å². The second-order valence-corrected chi connectivity index (χ2v) is 5.88. The molecule has 0 radical (unpaired) electrons.